The molecule has 1 heterocycles. The number of anilines is 1. The van der Waals surface area contributed by atoms with Crippen molar-refractivity contribution in [3.8, 4) is 0 Å². The van der Waals surface area contributed by atoms with E-state index in [1.807, 2.05) is 0 Å². The Balaban J connectivity index is 2.31. The number of hydrogen-bond acceptors (Lipinski definition) is 4. The van der Waals surface area contributed by atoms with Crippen molar-refractivity contribution in [1.82, 2.24) is 5.32 Å². The SMILES string of the molecule is Cc1ccc(NC(=O)C2(S(C)(=O)=O)CCNCC2)c(F)c1. The highest BCUT2D eigenvalue weighted by atomic mass is 32.2. The maximum atomic E-state index is 13.8. The van der Waals surface area contributed by atoms with Gasteiger partial charge in [0.25, 0.3) is 0 Å². The number of carbonyl (C=O) groups excluding carboxylic acids is 1. The third kappa shape index (κ3) is 3.08. The smallest absolute Gasteiger partial charge is 0.246 e. The van der Waals surface area contributed by atoms with E-state index in [9.17, 15) is 17.6 Å². The molecular weight excluding hydrogens is 295 g/mol. The molecule has 0 aromatic heterocycles. The maximum absolute atomic E-state index is 13.8. The summed E-state index contributed by atoms with van der Waals surface area (Å²) in [4.78, 5) is 12.5. The summed E-state index contributed by atoms with van der Waals surface area (Å²) in [5.74, 6) is -1.23. The molecule has 0 bridgehead atoms. The average molecular weight is 314 g/mol. The summed E-state index contributed by atoms with van der Waals surface area (Å²) < 4.78 is 36.5. The number of benzene rings is 1. The van der Waals surface area contributed by atoms with Crippen LogP contribution in [0.15, 0.2) is 18.2 Å². The second-order valence-corrected chi connectivity index (χ2v) is 7.78. The topological polar surface area (TPSA) is 75.3 Å². The fourth-order valence-corrected chi connectivity index (χ4v) is 3.89. The number of rotatable bonds is 3. The van der Waals surface area contributed by atoms with E-state index in [2.05, 4.69) is 10.6 Å². The number of sulfone groups is 1. The molecule has 0 aliphatic carbocycles. The second-order valence-electron chi connectivity index (χ2n) is 5.45. The summed E-state index contributed by atoms with van der Waals surface area (Å²) in [6.07, 6.45) is 1.43. The largest absolute Gasteiger partial charge is 0.322 e. The van der Waals surface area contributed by atoms with Crippen LogP contribution >= 0.6 is 0 Å². The predicted molar refractivity (Wildman–Crippen MR) is 79.4 cm³/mol. The third-order valence-corrected chi connectivity index (χ3v) is 5.92. The summed E-state index contributed by atoms with van der Waals surface area (Å²) in [6.45, 7) is 2.62. The highest BCUT2D eigenvalue weighted by Gasteiger charge is 2.48. The number of aryl methyl sites for hydroxylation is 1. The molecule has 5 nitrogen and oxygen atoms in total. The Kier molecular flexibility index (Phi) is 4.34. The first-order valence-electron chi connectivity index (χ1n) is 6.74. The van der Waals surface area contributed by atoms with E-state index in [1.165, 1.54) is 12.1 Å². The summed E-state index contributed by atoms with van der Waals surface area (Å²) in [5.41, 5.74) is 0.734. The summed E-state index contributed by atoms with van der Waals surface area (Å²) in [5, 5.41) is 5.46. The molecule has 1 aromatic rings. The summed E-state index contributed by atoms with van der Waals surface area (Å²) in [7, 11) is -3.60. The predicted octanol–water partition coefficient (Wildman–Crippen LogP) is 1.24. The molecule has 0 atom stereocenters. The van der Waals surface area contributed by atoms with E-state index >= 15 is 0 Å². The normalized spacial score (nSPS) is 18.2. The van der Waals surface area contributed by atoms with Gasteiger partial charge < -0.3 is 10.6 Å². The van der Waals surface area contributed by atoms with Gasteiger partial charge in [-0.1, -0.05) is 6.07 Å². The van der Waals surface area contributed by atoms with Gasteiger partial charge in [0.05, 0.1) is 5.69 Å². The van der Waals surface area contributed by atoms with Gasteiger partial charge in [0.2, 0.25) is 5.91 Å². The Labute approximate surface area is 123 Å². The van der Waals surface area contributed by atoms with Crippen molar-refractivity contribution < 1.29 is 17.6 Å². The Hall–Kier alpha value is -1.47. The lowest BCUT2D eigenvalue weighted by atomic mass is 9.95. The van der Waals surface area contributed by atoms with E-state index in [4.69, 9.17) is 0 Å². The van der Waals surface area contributed by atoms with Crippen molar-refractivity contribution in [2.75, 3.05) is 24.7 Å². The van der Waals surface area contributed by atoms with Gasteiger partial charge in [0.1, 0.15) is 5.82 Å². The number of carbonyl (C=O) groups is 1. The number of piperidine rings is 1. The van der Waals surface area contributed by atoms with Crippen molar-refractivity contribution in [1.29, 1.82) is 0 Å². The lowest BCUT2D eigenvalue weighted by molar-refractivity contribution is -0.119. The Morgan fingerprint density at radius 2 is 1.95 bits per heavy atom. The van der Waals surface area contributed by atoms with Crippen LogP contribution in [0.4, 0.5) is 10.1 Å². The molecule has 1 saturated heterocycles. The van der Waals surface area contributed by atoms with Crippen molar-refractivity contribution in [3.05, 3.63) is 29.6 Å². The number of halogens is 1. The fraction of sp³-hybridized carbons (Fsp3) is 0.500. The maximum Gasteiger partial charge on any atom is 0.246 e. The molecule has 0 saturated carbocycles. The van der Waals surface area contributed by atoms with Crippen LogP contribution in [-0.2, 0) is 14.6 Å². The molecule has 116 valence electrons. The van der Waals surface area contributed by atoms with Crippen LogP contribution in [0.1, 0.15) is 18.4 Å². The molecule has 1 fully saturated rings. The standard InChI is InChI=1S/C14H19FN2O3S/c1-10-3-4-12(11(15)9-10)17-13(18)14(21(2,19)20)5-7-16-8-6-14/h3-4,9,16H,5-8H2,1-2H3,(H,17,18). The van der Waals surface area contributed by atoms with Crippen LogP contribution in [0.2, 0.25) is 0 Å². The monoisotopic (exact) mass is 314 g/mol. The quantitative estimate of drug-likeness (QED) is 0.880. The number of amides is 1. The fourth-order valence-electron chi connectivity index (χ4n) is 2.55. The van der Waals surface area contributed by atoms with Gasteiger partial charge in [-0.05, 0) is 50.6 Å². The summed E-state index contributed by atoms with van der Waals surface area (Å²) in [6, 6.07) is 4.40. The Morgan fingerprint density at radius 1 is 1.33 bits per heavy atom. The highest BCUT2D eigenvalue weighted by molar-refractivity contribution is 7.92. The zero-order valence-corrected chi connectivity index (χ0v) is 12.9. The molecule has 7 heteroatoms. The molecule has 1 aliphatic heterocycles. The van der Waals surface area contributed by atoms with E-state index in [1.54, 1.807) is 13.0 Å². The van der Waals surface area contributed by atoms with Gasteiger partial charge in [0, 0.05) is 6.26 Å². The number of nitrogens with one attached hydrogen (secondary N) is 2. The van der Waals surface area contributed by atoms with Gasteiger partial charge in [-0.15, -0.1) is 0 Å². The van der Waals surface area contributed by atoms with Gasteiger partial charge in [-0.2, -0.15) is 0 Å². The molecule has 0 spiro atoms. The van der Waals surface area contributed by atoms with Crippen LogP contribution in [-0.4, -0.2) is 38.4 Å². The van der Waals surface area contributed by atoms with Gasteiger partial charge >= 0.3 is 0 Å². The molecule has 1 amide bonds. The number of hydrogen-bond donors (Lipinski definition) is 2. The van der Waals surface area contributed by atoms with Crippen LogP contribution in [0, 0.1) is 12.7 Å². The minimum atomic E-state index is -3.60. The Morgan fingerprint density at radius 3 is 2.48 bits per heavy atom. The minimum Gasteiger partial charge on any atom is -0.322 e. The highest BCUT2D eigenvalue weighted by Crippen LogP contribution is 2.30. The van der Waals surface area contributed by atoms with Crippen molar-refractivity contribution in [2.24, 2.45) is 0 Å². The average Bonchev–Trinajstić information content (AvgIpc) is 2.41. The molecule has 1 aromatic carbocycles. The molecule has 2 rings (SSSR count). The van der Waals surface area contributed by atoms with Crippen molar-refractivity contribution in [3.63, 3.8) is 0 Å². The van der Waals surface area contributed by atoms with E-state index in [0.29, 0.717) is 13.1 Å². The third-order valence-electron chi connectivity index (χ3n) is 3.91. The van der Waals surface area contributed by atoms with Gasteiger partial charge in [-0.25, -0.2) is 12.8 Å². The molecule has 1 aliphatic rings. The summed E-state index contributed by atoms with van der Waals surface area (Å²) >= 11 is 0. The Bertz CT molecular complexity index is 652. The molecule has 0 unspecified atom stereocenters. The van der Waals surface area contributed by atoms with Crippen LogP contribution in [0.3, 0.4) is 0 Å². The van der Waals surface area contributed by atoms with Crippen molar-refractivity contribution >= 4 is 21.4 Å². The van der Waals surface area contributed by atoms with Gasteiger partial charge in [0.15, 0.2) is 14.6 Å². The zero-order valence-electron chi connectivity index (χ0n) is 12.1. The minimum absolute atomic E-state index is 0.00663. The molecule has 21 heavy (non-hydrogen) atoms. The lowest BCUT2D eigenvalue weighted by Crippen LogP contribution is -2.55. The second kappa shape index (κ2) is 5.73. The van der Waals surface area contributed by atoms with Gasteiger partial charge in [-0.3, -0.25) is 4.79 Å². The first kappa shape index (κ1) is 15.9. The lowest BCUT2D eigenvalue weighted by Gasteiger charge is -2.34. The molecule has 0 radical (unpaired) electrons. The van der Waals surface area contributed by atoms with Crippen LogP contribution < -0.4 is 10.6 Å². The van der Waals surface area contributed by atoms with E-state index in [0.717, 1.165) is 11.8 Å². The van der Waals surface area contributed by atoms with E-state index in [-0.39, 0.29) is 18.5 Å². The molecular formula is C14H19FN2O3S. The first-order chi connectivity index (χ1) is 9.76. The molecule has 2 N–H and O–H groups in total. The van der Waals surface area contributed by atoms with Crippen LogP contribution in [0.25, 0.3) is 0 Å². The van der Waals surface area contributed by atoms with E-state index < -0.39 is 26.3 Å². The van der Waals surface area contributed by atoms with Crippen LogP contribution in [0.5, 0.6) is 0 Å². The van der Waals surface area contributed by atoms with Crippen molar-refractivity contribution in [2.45, 2.75) is 24.5 Å². The zero-order chi connectivity index (χ0) is 15.7. The first-order valence-corrected chi connectivity index (χ1v) is 8.63.